The second kappa shape index (κ2) is 5.88. The number of nitrogens with one attached hydrogen (secondary N) is 1. The van der Waals surface area contributed by atoms with Crippen LogP contribution in [0.4, 0.5) is 0 Å². The number of rotatable bonds is 6. The highest BCUT2D eigenvalue weighted by Crippen LogP contribution is 2.14. The maximum absolute atomic E-state index is 5.38. The SMILES string of the molecule is CCCNCc1cc(Cn2cnc3ccccc32)on1. The van der Waals surface area contributed by atoms with Crippen LogP contribution in [-0.4, -0.2) is 21.3 Å². The molecule has 3 rings (SSSR count). The minimum Gasteiger partial charge on any atom is -0.359 e. The molecule has 0 bridgehead atoms. The molecule has 0 unspecified atom stereocenters. The van der Waals surface area contributed by atoms with Crippen molar-refractivity contribution in [2.24, 2.45) is 0 Å². The quantitative estimate of drug-likeness (QED) is 0.699. The Labute approximate surface area is 117 Å². The van der Waals surface area contributed by atoms with Crippen molar-refractivity contribution in [1.82, 2.24) is 20.0 Å². The van der Waals surface area contributed by atoms with Gasteiger partial charge in [-0.1, -0.05) is 24.2 Å². The zero-order valence-electron chi connectivity index (χ0n) is 11.5. The molecular formula is C15H18N4O. The predicted molar refractivity (Wildman–Crippen MR) is 77.3 cm³/mol. The van der Waals surface area contributed by atoms with Gasteiger partial charge in [-0.05, 0) is 25.1 Å². The van der Waals surface area contributed by atoms with Crippen LogP contribution in [0, 0.1) is 0 Å². The average Bonchev–Trinajstić information content (AvgIpc) is 3.08. The molecule has 0 fully saturated rings. The van der Waals surface area contributed by atoms with E-state index in [4.69, 9.17) is 4.52 Å². The van der Waals surface area contributed by atoms with Crippen LogP contribution in [0.1, 0.15) is 24.8 Å². The Morgan fingerprint density at radius 2 is 2.20 bits per heavy atom. The highest BCUT2D eigenvalue weighted by Gasteiger charge is 2.07. The van der Waals surface area contributed by atoms with E-state index in [2.05, 4.69) is 33.0 Å². The smallest absolute Gasteiger partial charge is 0.156 e. The maximum atomic E-state index is 5.38. The Balaban J connectivity index is 1.71. The molecule has 0 saturated heterocycles. The molecule has 0 saturated carbocycles. The molecule has 0 atom stereocenters. The summed E-state index contributed by atoms with van der Waals surface area (Å²) in [6, 6.07) is 10.1. The van der Waals surface area contributed by atoms with Gasteiger partial charge in [-0.15, -0.1) is 0 Å². The van der Waals surface area contributed by atoms with E-state index in [1.807, 2.05) is 30.6 Å². The summed E-state index contributed by atoms with van der Waals surface area (Å²) in [5.41, 5.74) is 3.05. The number of hydrogen-bond donors (Lipinski definition) is 1. The second-order valence-electron chi connectivity index (χ2n) is 4.82. The van der Waals surface area contributed by atoms with E-state index in [-0.39, 0.29) is 0 Å². The summed E-state index contributed by atoms with van der Waals surface area (Å²) in [7, 11) is 0. The van der Waals surface area contributed by atoms with Crippen molar-refractivity contribution < 1.29 is 4.52 Å². The zero-order chi connectivity index (χ0) is 13.8. The van der Waals surface area contributed by atoms with Crippen LogP contribution in [0.2, 0.25) is 0 Å². The molecule has 2 aromatic heterocycles. The summed E-state index contributed by atoms with van der Waals surface area (Å²) < 4.78 is 7.45. The highest BCUT2D eigenvalue weighted by atomic mass is 16.5. The first-order valence-corrected chi connectivity index (χ1v) is 6.92. The fraction of sp³-hybridized carbons (Fsp3) is 0.333. The topological polar surface area (TPSA) is 55.9 Å². The van der Waals surface area contributed by atoms with Gasteiger partial charge in [0.1, 0.15) is 0 Å². The number of benzene rings is 1. The summed E-state index contributed by atoms with van der Waals surface area (Å²) in [6.07, 6.45) is 2.95. The van der Waals surface area contributed by atoms with E-state index in [0.29, 0.717) is 6.54 Å². The number of nitrogens with zero attached hydrogens (tertiary/aromatic N) is 3. The normalized spacial score (nSPS) is 11.2. The lowest BCUT2D eigenvalue weighted by Crippen LogP contribution is -2.13. The molecule has 0 radical (unpaired) electrons. The average molecular weight is 270 g/mol. The minimum atomic E-state index is 0.654. The number of fused-ring (bicyclic) bond motifs is 1. The van der Waals surface area contributed by atoms with Crippen molar-refractivity contribution in [3.05, 3.63) is 48.1 Å². The summed E-state index contributed by atoms with van der Waals surface area (Å²) >= 11 is 0. The number of hydrogen-bond acceptors (Lipinski definition) is 4. The maximum Gasteiger partial charge on any atom is 0.156 e. The lowest BCUT2D eigenvalue weighted by atomic mass is 10.3. The van der Waals surface area contributed by atoms with E-state index >= 15 is 0 Å². The molecule has 0 aliphatic carbocycles. The molecule has 20 heavy (non-hydrogen) atoms. The first-order valence-electron chi connectivity index (χ1n) is 6.92. The Morgan fingerprint density at radius 3 is 3.10 bits per heavy atom. The van der Waals surface area contributed by atoms with Crippen LogP contribution in [0.25, 0.3) is 11.0 Å². The van der Waals surface area contributed by atoms with Gasteiger partial charge in [-0.25, -0.2) is 4.98 Å². The van der Waals surface area contributed by atoms with Crippen LogP contribution in [0.5, 0.6) is 0 Å². The van der Waals surface area contributed by atoms with Crippen molar-refractivity contribution in [2.75, 3.05) is 6.54 Å². The molecule has 104 valence electrons. The van der Waals surface area contributed by atoms with Crippen LogP contribution in [-0.2, 0) is 13.1 Å². The molecule has 0 amide bonds. The third-order valence-corrected chi connectivity index (χ3v) is 3.19. The highest BCUT2D eigenvalue weighted by molar-refractivity contribution is 5.74. The summed E-state index contributed by atoms with van der Waals surface area (Å²) in [6.45, 7) is 4.54. The van der Waals surface area contributed by atoms with Crippen molar-refractivity contribution >= 4 is 11.0 Å². The van der Waals surface area contributed by atoms with Crippen LogP contribution in [0.15, 0.2) is 41.2 Å². The molecular weight excluding hydrogens is 252 g/mol. The molecule has 3 aromatic rings. The monoisotopic (exact) mass is 270 g/mol. The molecule has 0 aliphatic rings. The predicted octanol–water partition coefficient (Wildman–Crippen LogP) is 2.57. The van der Waals surface area contributed by atoms with Gasteiger partial charge in [-0.2, -0.15) is 0 Å². The Hall–Kier alpha value is -2.14. The van der Waals surface area contributed by atoms with Gasteiger partial charge in [0.05, 0.1) is 29.6 Å². The fourth-order valence-corrected chi connectivity index (χ4v) is 2.21. The van der Waals surface area contributed by atoms with Gasteiger partial charge in [0.15, 0.2) is 5.76 Å². The lowest BCUT2D eigenvalue weighted by Gasteiger charge is -1.99. The summed E-state index contributed by atoms with van der Waals surface area (Å²) in [5.74, 6) is 0.849. The summed E-state index contributed by atoms with van der Waals surface area (Å²) in [4.78, 5) is 4.37. The van der Waals surface area contributed by atoms with Crippen molar-refractivity contribution in [3.8, 4) is 0 Å². The standard InChI is InChI=1S/C15H18N4O/c1-2-7-16-9-12-8-13(20-18-12)10-19-11-17-14-5-3-4-6-15(14)19/h3-6,8,11,16H,2,7,9-10H2,1H3. The number of imidazole rings is 1. The summed E-state index contributed by atoms with van der Waals surface area (Å²) in [5, 5.41) is 7.39. The van der Waals surface area contributed by atoms with Crippen LogP contribution in [0.3, 0.4) is 0 Å². The number of aromatic nitrogens is 3. The van der Waals surface area contributed by atoms with Gasteiger partial charge < -0.3 is 14.4 Å². The minimum absolute atomic E-state index is 0.654. The Morgan fingerprint density at radius 1 is 1.30 bits per heavy atom. The molecule has 5 heteroatoms. The van der Waals surface area contributed by atoms with Gasteiger partial charge in [-0.3, -0.25) is 0 Å². The first-order chi connectivity index (χ1) is 9.86. The van der Waals surface area contributed by atoms with Gasteiger partial charge >= 0.3 is 0 Å². The third kappa shape index (κ3) is 2.72. The molecule has 1 N–H and O–H groups in total. The second-order valence-corrected chi connectivity index (χ2v) is 4.82. The largest absolute Gasteiger partial charge is 0.359 e. The number of para-hydroxylation sites is 2. The fourth-order valence-electron chi connectivity index (χ4n) is 2.21. The van der Waals surface area contributed by atoms with Gasteiger partial charge in [0, 0.05) is 12.6 Å². The molecule has 0 aliphatic heterocycles. The third-order valence-electron chi connectivity index (χ3n) is 3.19. The van der Waals surface area contributed by atoms with Crippen LogP contribution < -0.4 is 5.32 Å². The molecule has 2 heterocycles. The first kappa shape index (κ1) is 12.9. The van der Waals surface area contributed by atoms with Gasteiger partial charge in [0.25, 0.3) is 0 Å². The molecule has 0 spiro atoms. The van der Waals surface area contributed by atoms with E-state index in [9.17, 15) is 0 Å². The van der Waals surface area contributed by atoms with Gasteiger partial charge in [0.2, 0.25) is 0 Å². The Kier molecular flexibility index (Phi) is 3.78. The Bertz CT molecular complexity index is 686. The lowest BCUT2D eigenvalue weighted by molar-refractivity contribution is 0.370. The van der Waals surface area contributed by atoms with Crippen molar-refractivity contribution in [1.29, 1.82) is 0 Å². The van der Waals surface area contributed by atoms with Crippen molar-refractivity contribution in [3.63, 3.8) is 0 Å². The molecule has 1 aromatic carbocycles. The van der Waals surface area contributed by atoms with E-state index < -0.39 is 0 Å². The van der Waals surface area contributed by atoms with E-state index in [1.165, 1.54) is 0 Å². The zero-order valence-corrected chi connectivity index (χ0v) is 11.5. The van der Waals surface area contributed by atoms with E-state index in [0.717, 1.165) is 42.0 Å². The van der Waals surface area contributed by atoms with Crippen LogP contribution >= 0.6 is 0 Å². The molecule has 5 nitrogen and oxygen atoms in total. The van der Waals surface area contributed by atoms with E-state index in [1.54, 1.807) is 0 Å². The van der Waals surface area contributed by atoms with Crippen molar-refractivity contribution in [2.45, 2.75) is 26.4 Å².